The number of amides is 1. The van der Waals surface area contributed by atoms with Gasteiger partial charge in [-0.05, 0) is 58.5 Å². The summed E-state index contributed by atoms with van der Waals surface area (Å²) in [7, 11) is 0. The van der Waals surface area contributed by atoms with Crippen LogP contribution < -0.4 is 5.32 Å². The minimum absolute atomic E-state index is 0.0805. The summed E-state index contributed by atoms with van der Waals surface area (Å²) in [5.74, 6) is -0.834. The molecule has 4 rings (SSSR count). The zero-order valence-electron chi connectivity index (χ0n) is 14.2. The van der Waals surface area contributed by atoms with Gasteiger partial charge in [-0.15, -0.1) is 5.10 Å². The molecule has 27 heavy (non-hydrogen) atoms. The molecule has 0 aliphatic heterocycles. The lowest BCUT2D eigenvalue weighted by Gasteiger charge is -2.09. The zero-order valence-corrected chi connectivity index (χ0v) is 14.2. The van der Waals surface area contributed by atoms with Crippen LogP contribution in [0.4, 0.5) is 10.1 Å². The monoisotopic (exact) mass is 362 g/mol. The summed E-state index contributed by atoms with van der Waals surface area (Å²) in [5, 5.41) is 13.4. The number of aromatic nitrogens is 5. The molecule has 2 aromatic heterocycles. The summed E-state index contributed by atoms with van der Waals surface area (Å²) >= 11 is 0. The minimum Gasteiger partial charge on any atom is -0.324 e. The van der Waals surface area contributed by atoms with E-state index in [9.17, 15) is 9.18 Å². The smallest absolute Gasteiger partial charge is 0.228 e. The van der Waals surface area contributed by atoms with Crippen molar-refractivity contribution in [1.29, 1.82) is 0 Å². The second-order valence-electron chi connectivity index (χ2n) is 5.90. The number of carbonyl (C=O) groups excluding carboxylic acids is 1. The third-order valence-electron chi connectivity index (χ3n) is 4.04. The Morgan fingerprint density at radius 2 is 1.78 bits per heavy atom. The Morgan fingerprint density at radius 3 is 2.48 bits per heavy atom. The Morgan fingerprint density at radius 1 is 1.04 bits per heavy atom. The fourth-order valence-electron chi connectivity index (χ4n) is 2.70. The molecule has 0 spiro atoms. The molecule has 1 amide bonds. The first kappa shape index (κ1) is 16.6. The van der Waals surface area contributed by atoms with E-state index < -0.39 is 5.82 Å². The first-order valence-corrected chi connectivity index (χ1v) is 8.24. The number of anilines is 1. The Bertz CT molecular complexity index is 1040. The summed E-state index contributed by atoms with van der Waals surface area (Å²) in [6, 6.07) is 15.8. The quantitative estimate of drug-likeness (QED) is 0.592. The van der Waals surface area contributed by atoms with Crippen LogP contribution in [0.5, 0.6) is 0 Å². The average molecular weight is 362 g/mol. The molecule has 0 atom stereocenters. The summed E-state index contributed by atoms with van der Waals surface area (Å²) in [6.07, 6.45) is 5.43. The third-order valence-corrected chi connectivity index (χ3v) is 4.04. The van der Waals surface area contributed by atoms with Gasteiger partial charge in [0.1, 0.15) is 12.1 Å². The van der Waals surface area contributed by atoms with Gasteiger partial charge in [-0.1, -0.05) is 12.1 Å². The van der Waals surface area contributed by atoms with Crippen LogP contribution >= 0.6 is 0 Å². The molecule has 0 bridgehead atoms. The first-order chi connectivity index (χ1) is 13.2. The molecule has 1 N–H and O–H groups in total. The van der Waals surface area contributed by atoms with Crippen LogP contribution in [0, 0.1) is 5.82 Å². The predicted octanol–water partition coefficient (Wildman–Crippen LogP) is 2.77. The van der Waals surface area contributed by atoms with Gasteiger partial charge in [0.15, 0.2) is 0 Å². The Kier molecular flexibility index (Phi) is 4.44. The van der Waals surface area contributed by atoms with E-state index in [1.54, 1.807) is 0 Å². The van der Waals surface area contributed by atoms with Crippen molar-refractivity contribution in [3.8, 4) is 11.4 Å². The lowest BCUT2D eigenvalue weighted by Crippen LogP contribution is -2.15. The van der Waals surface area contributed by atoms with Gasteiger partial charge in [0.05, 0.1) is 17.8 Å². The third kappa shape index (κ3) is 3.74. The molecule has 2 aromatic carbocycles. The van der Waals surface area contributed by atoms with Crippen molar-refractivity contribution in [2.24, 2.45) is 0 Å². The molecule has 0 saturated carbocycles. The van der Waals surface area contributed by atoms with Crippen LogP contribution in [-0.2, 0) is 11.2 Å². The fraction of sp³-hybridized carbons (Fsp3) is 0.0526. The number of hydrogen-bond acceptors (Lipinski definition) is 4. The van der Waals surface area contributed by atoms with E-state index in [0.717, 1.165) is 11.3 Å². The van der Waals surface area contributed by atoms with E-state index in [1.807, 2.05) is 53.4 Å². The zero-order chi connectivity index (χ0) is 18.6. The Hall–Kier alpha value is -3.81. The molecule has 0 radical (unpaired) electrons. The molecule has 7 nitrogen and oxygen atoms in total. The van der Waals surface area contributed by atoms with Gasteiger partial charge >= 0.3 is 0 Å². The molecule has 2 heterocycles. The summed E-state index contributed by atoms with van der Waals surface area (Å²) in [4.78, 5) is 12.3. The van der Waals surface area contributed by atoms with Crippen LogP contribution in [0.1, 0.15) is 5.56 Å². The van der Waals surface area contributed by atoms with Crippen LogP contribution in [0.15, 0.2) is 73.3 Å². The lowest BCUT2D eigenvalue weighted by atomic mass is 10.1. The number of tetrazole rings is 1. The van der Waals surface area contributed by atoms with Crippen molar-refractivity contribution in [1.82, 2.24) is 24.8 Å². The molecule has 134 valence electrons. The lowest BCUT2D eigenvalue weighted by molar-refractivity contribution is -0.115. The van der Waals surface area contributed by atoms with E-state index >= 15 is 0 Å². The normalized spacial score (nSPS) is 10.7. The predicted molar refractivity (Wildman–Crippen MR) is 97.2 cm³/mol. The van der Waals surface area contributed by atoms with E-state index in [0.29, 0.717) is 5.69 Å². The molecule has 4 aromatic rings. The number of benzene rings is 2. The topological polar surface area (TPSA) is 77.6 Å². The second kappa shape index (κ2) is 7.20. The number of hydrogen-bond donors (Lipinski definition) is 1. The maximum atomic E-state index is 14.0. The van der Waals surface area contributed by atoms with Gasteiger partial charge in [-0.25, -0.2) is 9.07 Å². The number of nitrogens with one attached hydrogen (secondary N) is 1. The van der Waals surface area contributed by atoms with Gasteiger partial charge in [0.2, 0.25) is 5.91 Å². The van der Waals surface area contributed by atoms with Gasteiger partial charge in [-0.3, -0.25) is 4.79 Å². The molecule has 0 fully saturated rings. The number of nitrogens with zero attached hydrogens (tertiary/aromatic N) is 5. The molecule has 0 saturated heterocycles. The van der Waals surface area contributed by atoms with Crippen molar-refractivity contribution >= 4 is 11.6 Å². The number of halogens is 1. The van der Waals surface area contributed by atoms with Crippen molar-refractivity contribution in [3.05, 3.63) is 84.7 Å². The summed E-state index contributed by atoms with van der Waals surface area (Å²) < 4.78 is 17.4. The largest absolute Gasteiger partial charge is 0.324 e. The molecule has 0 aliphatic carbocycles. The van der Waals surface area contributed by atoms with E-state index in [2.05, 4.69) is 20.8 Å². The van der Waals surface area contributed by atoms with E-state index in [-0.39, 0.29) is 18.0 Å². The summed E-state index contributed by atoms with van der Waals surface area (Å²) in [5.41, 5.74) is 2.47. The average Bonchev–Trinajstić information content (AvgIpc) is 3.38. The van der Waals surface area contributed by atoms with Crippen LogP contribution in [0.3, 0.4) is 0 Å². The fourth-order valence-corrected chi connectivity index (χ4v) is 2.70. The molecule has 0 unspecified atom stereocenters. The van der Waals surface area contributed by atoms with Crippen LogP contribution in [0.2, 0.25) is 0 Å². The Labute approximate surface area is 154 Å². The van der Waals surface area contributed by atoms with Crippen molar-refractivity contribution < 1.29 is 9.18 Å². The highest BCUT2D eigenvalue weighted by atomic mass is 19.1. The van der Waals surface area contributed by atoms with Gasteiger partial charge in [0, 0.05) is 18.1 Å². The SMILES string of the molecule is O=C(Cc1ccc(-n2cccc2)cc1)Nc1cc(-n2cnnn2)ccc1F. The minimum atomic E-state index is -0.525. The van der Waals surface area contributed by atoms with Gasteiger partial charge in [0.25, 0.3) is 0 Å². The van der Waals surface area contributed by atoms with E-state index in [1.165, 1.54) is 29.2 Å². The van der Waals surface area contributed by atoms with E-state index in [4.69, 9.17) is 0 Å². The maximum absolute atomic E-state index is 14.0. The summed E-state index contributed by atoms with van der Waals surface area (Å²) in [6.45, 7) is 0. The van der Waals surface area contributed by atoms with Crippen LogP contribution in [0.25, 0.3) is 11.4 Å². The molecular weight excluding hydrogens is 347 g/mol. The van der Waals surface area contributed by atoms with Gasteiger partial charge < -0.3 is 9.88 Å². The van der Waals surface area contributed by atoms with Crippen molar-refractivity contribution in [2.45, 2.75) is 6.42 Å². The Balaban J connectivity index is 1.46. The highest BCUT2D eigenvalue weighted by Gasteiger charge is 2.10. The van der Waals surface area contributed by atoms with Crippen molar-refractivity contribution in [3.63, 3.8) is 0 Å². The number of carbonyl (C=O) groups is 1. The van der Waals surface area contributed by atoms with Crippen molar-refractivity contribution in [2.75, 3.05) is 5.32 Å². The van der Waals surface area contributed by atoms with Crippen LogP contribution in [-0.4, -0.2) is 30.7 Å². The molecule has 0 aliphatic rings. The van der Waals surface area contributed by atoms with Gasteiger partial charge in [-0.2, -0.15) is 0 Å². The standard InChI is InChI=1S/C19H15FN6O/c20-17-8-7-16(26-13-21-23-24-26)12-18(17)22-19(27)11-14-3-5-15(6-4-14)25-9-1-2-10-25/h1-10,12-13H,11H2,(H,22,27). The maximum Gasteiger partial charge on any atom is 0.228 e. The first-order valence-electron chi connectivity index (χ1n) is 8.24. The molecular formula is C19H15FN6O. The molecule has 8 heteroatoms. The highest BCUT2D eigenvalue weighted by Crippen LogP contribution is 2.19. The number of rotatable bonds is 5. The highest BCUT2D eigenvalue weighted by molar-refractivity contribution is 5.92. The second-order valence-corrected chi connectivity index (χ2v) is 5.90.